The van der Waals surface area contributed by atoms with Gasteiger partial charge in [0, 0.05) is 0 Å². The van der Waals surface area contributed by atoms with Gasteiger partial charge >= 0.3 is 0 Å². The first-order valence-electron chi connectivity index (χ1n) is 7.32. The van der Waals surface area contributed by atoms with Gasteiger partial charge < -0.3 is 4.57 Å². The summed E-state index contributed by atoms with van der Waals surface area (Å²) < 4.78 is 1.84. The first-order valence-corrected chi connectivity index (χ1v) is 7.32. The summed E-state index contributed by atoms with van der Waals surface area (Å²) in [6.07, 6.45) is 1.64. The summed E-state index contributed by atoms with van der Waals surface area (Å²) in [5, 5.41) is 0. The summed E-state index contributed by atoms with van der Waals surface area (Å²) in [7, 11) is 0. The monoisotopic (exact) mass is 278 g/mol. The molecule has 3 heteroatoms. The molecule has 21 heavy (non-hydrogen) atoms. The van der Waals surface area contributed by atoms with Crippen molar-refractivity contribution >= 4 is 11.0 Å². The van der Waals surface area contributed by atoms with Crippen LogP contribution in [0.15, 0.2) is 59.4 Å². The van der Waals surface area contributed by atoms with Gasteiger partial charge in [0.25, 0.3) is 5.56 Å². The number of benzene rings is 2. The highest BCUT2D eigenvalue weighted by atomic mass is 16.1. The van der Waals surface area contributed by atoms with Gasteiger partial charge in [-0.3, -0.25) is 4.79 Å². The van der Waals surface area contributed by atoms with Gasteiger partial charge in [-0.2, -0.15) is 0 Å². The van der Waals surface area contributed by atoms with E-state index in [1.54, 1.807) is 0 Å². The Hall–Kier alpha value is -2.42. The molecule has 0 saturated carbocycles. The van der Waals surface area contributed by atoms with Gasteiger partial charge in [0.05, 0.1) is 17.6 Å². The Morgan fingerprint density at radius 3 is 2.48 bits per heavy atom. The molecule has 0 aliphatic rings. The molecule has 3 nitrogen and oxygen atoms in total. The molecular formula is C18H18N2O. The number of hydrogen-bond acceptors (Lipinski definition) is 2. The molecule has 1 aromatic heterocycles. The third kappa shape index (κ3) is 2.72. The standard InChI is InChI=1S/C18H18N2O/c1-2-8-16-18(21)20(13-14-9-4-3-5-10-14)17-12-7-6-11-15(17)19-16/h3-7,9-12H,2,8,13H2,1H3. The van der Waals surface area contributed by atoms with Gasteiger partial charge in [0.2, 0.25) is 0 Å². The fourth-order valence-electron chi connectivity index (χ4n) is 2.57. The number of hydrogen-bond donors (Lipinski definition) is 0. The molecule has 0 spiro atoms. The summed E-state index contributed by atoms with van der Waals surface area (Å²) >= 11 is 0. The lowest BCUT2D eigenvalue weighted by Gasteiger charge is -2.12. The second kappa shape index (κ2) is 5.92. The number of para-hydroxylation sites is 2. The van der Waals surface area contributed by atoms with Crippen molar-refractivity contribution in [2.75, 3.05) is 0 Å². The average Bonchev–Trinajstić information content (AvgIpc) is 2.52. The van der Waals surface area contributed by atoms with Crippen molar-refractivity contribution in [3.8, 4) is 0 Å². The zero-order chi connectivity index (χ0) is 14.7. The van der Waals surface area contributed by atoms with Gasteiger partial charge in [-0.15, -0.1) is 0 Å². The van der Waals surface area contributed by atoms with Crippen LogP contribution in [0.25, 0.3) is 11.0 Å². The topological polar surface area (TPSA) is 34.9 Å². The Morgan fingerprint density at radius 2 is 1.71 bits per heavy atom. The normalized spacial score (nSPS) is 10.9. The van der Waals surface area contributed by atoms with E-state index >= 15 is 0 Å². The molecule has 0 aliphatic heterocycles. The maximum atomic E-state index is 12.7. The Kier molecular flexibility index (Phi) is 3.82. The summed E-state index contributed by atoms with van der Waals surface area (Å²) in [4.78, 5) is 17.2. The van der Waals surface area contributed by atoms with E-state index in [-0.39, 0.29) is 5.56 Å². The van der Waals surface area contributed by atoms with E-state index < -0.39 is 0 Å². The second-order valence-electron chi connectivity index (χ2n) is 5.17. The predicted molar refractivity (Wildman–Crippen MR) is 85.5 cm³/mol. The van der Waals surface area contributed by atoms with Gasteiger partial charge in [0.15, 0.2) is 0 Å². The van der Waals surface area contributed by atoms with E-state index in [1.165, 1.54) is 0 Å². The minimum Gasteiger partial charge on any atom is -0.301 e. The third-order valence-electron chi connectivity index (χ3n) is 3.59. The Bertz CT molecular complexity index is 806. The molecule has 3 aromatic rings. The average molecular weight is 278 g/mol. The second-order valence-corrected chi connectivity index (χ2v) is 5.17. The lowest BCUT2D eigenvalue weighted by molar-refractivity contribution is 0.751. The number of aryl methyl sites for hydroxylation is 1. The molecule has 0 saturated heterocycles. The van der Waals surface area contributed by atoms with Crippen molar-refractivity contribution in [1.82, 2.24) is 9.55 Å². The third-order valence-corrected chi connectivity index (χ3v) is 3.59. The van der Waals surface area contributed by atoms with Crippen molar-refractivity contribution in [1.29, 1.82) is 0 Å². The van der Waals surface area contributed by atoms with Crippen LogP contribution in [-0.4, -0.2) is 9.55 Å². The number of aromatic nitrogens is 2. The molecule has 3 rings (SSSR count). The molecule has 106 valence electrons. The Balaban J connectivity index is 2.19. The van der Waals surface area contributed by atoms with Gasteiger partial charge in [-0.05, 0) is 24.1 Å². The SMILES string of the molecule is CCCc1nc2ccccc2n(Cc2ccccc2)c1=O. The van der Waals surface area contributed by atoms with Crippen LogP contribution in [-0.2, 0) is 13.0 Å². The molecule has 0 aliphatic carbocycles. The molecule has 0 N–H and O–H groups in total. The van der Waals surface area contributed by atoms with E-state index in [1.807, 2.05) is 59.2 Å². The molecule has 1 heterocycles. The summed E-state index contributed by atoms with van der Waals surface area (Å²) in [6, 6.07) is 17.9. The molecule has 0 unspecified atom stereocenters. The minimum atomic E-state index is 0.0272. The maximum absolute atomic E-state index is 12.7. The zero-order valence-corrected chi connectivity index (χ0v) is 12.1. The summed E-state index contributed by atoms with van der Waals surface area (Å²) in [5.74, 6) is 0. The minimum absolute atomic E-state index is 0.0272. The summed E-state index contributed by atoms with van der Waals surface area (Å²) in [6.45, 7) is 2.65. The van der Waals surface area contributed by atoms with Crippen molar-refractivity contribution in [3.05, 3.63) is 76.2 Å². The largest absolute Gasteiger partial charge is 0.301 e. The van der Waals surface area contributed by atoms with Crippen LogP contribution >= 0.6 is 0 Å². The van der Waals surface area contributed by atoms with Crippen molar-refractivity contribution in [2.24, 2.45) is 0 Å². The van der Waals surface area contributed by atoms with E-state index in [2.05, 4.69) is 11.9 Å². The highest BCUT2D eigenvalue weighted by Crippen LogP contribution is 2.12. The highest BCUT2D eigenvalue weighted by Gasteiger charge is 2.10. The smallest absolute Gasteiger partial charge is 0.273 e. The lowest BCUT2D eigenvalue weighted by Crippen LogP contribution is -2.26. The lowest BCUT2D eigenvalue weighted by atomic mass is 10.2. The first-order chi connectivity index (χ1) is 10.3. The maximum Gasteiger partial charge on any atom is 0.273 e. The van der Waals surface area contributed by atoms with E-state index in [0.29, 0.717) is 12.2 Å². The van der Waals surface area contributed by atoms with Gasteiger partial charge in [0.1, 0.15) is 5.69 Å². The van der Waals surface area contributed by atoms with Crippen LogP contribution in [0.4, 0.5) is 0 Å². The van der Waals surface area contributed by atoms with Crippen LogP contribution in [0.5, 0.6) is 0 Å². The van der Waals surface area contributed by atoms with Gasteiger partial charge in [-0.25, -0.2) is 4.98 Å². The molecule has 0 atom stereocenters. The van der Waals surface area contributed by atoms with E-state index in [9.17, 15) is 4.79 Å². The summed E-state index contributed by atoms with van der Waals surface area (Å²) in [5.41, 5.74) is 3.59. The molecule has 2 aromatic carbocycles. The van der Waals surface area contributed by atoms with Crippen molar-refractivity contribution < 1.29 is 0 Å². The highest BCUT2D eigenvalue weighted by molar-refractivity contribution is 5.74. The Morgan fingerprint density at radius 1 is 1.00 bits per heavy atom. The quantitative estimate of drug-likeness (QED) is 0.733. The van der Waals surface area contributed by atoms with E-state index in [0.717, 1.165) is 29.4 Å². The van der Waals surface area contributed by atoms with Gasteiger partial charge in [-0.1, -0.05) is 55.8 Å². The number of rotatable bonds is 4. The first kappa shape index (κ1) is 13.6. The van der Waals surface area contributed by atoms with Crippen molar-refractivity contribution in [3.63, 3.8) is 0 Å². The molecule has 0 bridgehead atoms. The fraction of sp³-hybridized carbons (Fsp3) is 0.222. The Labute approximate surface area is 123 Å². The van der Waals surface area contributed by atoms with Crippen LogP contribution in [0.1, 0.15) is 24.6 Å². The fourth-order valence-corrected chi connectivity index (χ4v) is 2.57. The van der Waals surface area contributed by atoms with Crippen molar-refractivity contribution in [2.45, 2.75) is 26.3 Å². The molecule has 0 amide bonds. The molecule has 0 radical (unpaired) electrons. The molecular weight excluding hydrogens is 260 g/mol. The van der Waals surface area contributed by atoms with Crippen LogP contribution in [0.2, 0.25) is 0 Å². The number of fused-ring (bicyclic) bond motifs is 1. The van der Waals surface area contributed by atoms with Crippen LogP contribution in [0.3, 0.4) is 0 Å². The van der Waals surface area contributed by atoms with E-state index in [4.69, 9.17) is 0 Å². The molecule has 0 fully saturated rings. The van der Waals surface area contributed by atoms with Crippen LogP contribution in [0, 0.1) is 0 Å². The van der Waals surface area contributed by atoms with Crippen LogP contribution < -0.4 is 5.56 Å². The number of nitrogens with zero attached hydrogens (tertiary/aromatic N) is 2. The predicted octanol–water partition coefficient (Wildman–Crippen LogP) is 3.40. The zero-order valence-electron chi connectivity index (χ0n) is 12.1.